The first-order valence-electron chi connectivity index (χ1n) is 9.50. The van der Waals surface area contributed by atoms with Crippen LogP contribution in [0, 0.1) is 0 Å². The molecule has 6 nitrogen and oxygen atoms in total. The number of anilines is 1. The van der Waals surface area contributed by atoms with Gasteiger partial charge in [0, 0.05) is 5.56 Å². The lowest BCUT2D eigenvalue weighted by Gasteiger charge is -2.12. The molecule has 162 valence electrons. The van der Waals surface area contributed by atoms with Crippen LogP contribution >= 0.6 is 0 Å². The second-order valence-corrected chi connectivity index (χ2v) is 6.78. The Morgan fingerprint density at radius 3 is 2.38 bits per heavy atom. The fourth-order valence-corrected chi connectivity index (χ4v) is 3.10. The van der Waals surface area contributed by atoms with Gasteiger partial charge in [0.2, 0.25) is 5.78 Å². The Balaban J connectivity index is 1.78. The first-order valence-corrected chi connectivity index (χ1v) is 9.50. The molecule has 2 N–H and O–H groups in total. The Bertz CT molecular complexity index is 1260. The molecule has 0 aliphatic carbocycles. The highest BCUT2D eigenvalue weighted by molar-refractivity contribution is 6.50. The number of ketones is 1. The molecule has 0 radical (unpaired) electrons. The summed E-state index contributed by atoms with van der Waals surface area (Å²) in [5.74, 6) is 0.161. The number of halogens is 3. The summed E-state index contributed by atoms with van der Waals surface area (Å²) in [6, 6.07) is 18.3. The first kappa shape index (κ1) is 21.1. The number of aromatic nitrogens is 2. The SMILES string of the molecule is COc1ccc(C(=O)C(=NNc2ccccc2C(F)(F)F)c2nc3ccccc3[nH]2)cc1. The minimum Gasteiger partial charge on any atom is -0.497 e. The van der Waals surface area contributed by atoms with Crippen LogP contribution in [0.1, 0.15) is 21.7 Å². The van der Waals surface area contributed by atoms with E-state index < -0.39 is 17.5 Å². The summed E-state index contributed by atoms with van der Waals surface area (Å²) >= 11 is 0. The van der Waals surface area contributed by atoms with Crippen LogP contribution in [0.4, 0.5) is 18.9 Å². The third-order valence-corrected chi connectivity index (χ3v) is 4.70. The third kappa shape index (κ3) is 4.31. The van der Waals surface area contributed by atoms with Crippen LogP contribution in [0.3, 0.4) is 0 Å². The van der Waals surface area contributed by atoms with Crippen LogP contribution in [-0.2, 0) is 6.18 Å². The Morgan fingerprint density at radius 2 is 1.69 bits per heavy atom. The molecule has 0 saturated carbocycles. The van der Waals surface area contributed by atoms with E-state index in [9.17, 15) is 18.0 Å². The zero-order valence-corrected chi connectivity index (χ0v) is 16.8. The first-order chi connectivity index (χ1) is 15.4. The molecule has 0 atom stereocenters. The van der Waals surface area contributed by atoms with E-state index >= 15 is 0 Å². The Kier molecular flexibility index (Phi) is 5.63. The number of hydrazone groups is 1. The number of hydrogen-bond donors (Lipinski definition) is 2. The van der Waals surface area contributed by atoms with Crippen molar-refractivity contribution < 1.29 is 22.7 Å². The molecule has 4 aromatic rings. The van der Waals surface area contributed by atoms with Gasteiger partial charge in [0.15, 0.2) is 11.5 Å². The zero-order chi connectivity index (χ0) is 22.7. The maximum absolute atomic E-state index is 13.3. The number of ether oxygens (including phenoxy) is 1. The average Bonchev–Trinajstić information content (AvgIpc) is 3.22. The molecule has 0 aliphatic rings. The highest BCUT2D eigenvalue weighted by Crippen LogP contribution is 2.34. The molecule has 9 heteroatoms. The summed E-state index contributed by atoms with van der Waals surface area (Å²) in [4.78, 5) is 20.6. The van der Waals surface area contributed by atoms with Crippen LogP contribution in [0.5, 0.6) is 5.75 Å². The molecule has 0 amide bonds. The number of fused-ring (bicyclic) bond motifs is 1. The number of carbonyl (C=O) groups is 1. The number of benzene rings is 3. The molecule has 0 bridgehead atoms. The van der Waals surface area contributed by atoms with Crippen molar-refractivity contribution in [2.75, 3.05) is 12.5 Å². The number of imidazole rings is 1. The van der Waals surface area contributed by atoms with Crippen molar-refractivity contribution in [1.29, 1.82) is 0 Å². The fourth-order valence-electron chi connectivity index (χ4n) is 3.10. The molecule has 4 rings (SSSR count). The lowest BCUT2D eigenvalue weighted by molar-refractivity contribution is -0.136. The van der Waals surface area contributed by atoms with E-state index in [-0.39, 0.29) is 22.8 Å². The molecule has 1 heterocycles. The van der Waals surface area contributed by atoms with Crippen molar-refractivity contribution in [1.82, 2.24) is 9.97 Å². The highest BCUT2D eigenvalue weighted by Gasteiger charge is 2.33. The van der Waals surface area contributed by atoms with Gasteiger partial charge >= 0.3 is 6.18 Å². The summed E-state index contributed by atoms with van der Waals surface area (Å²) in [5.41, 5.74) is 2.58. The summed E-state index contributed by atoms with van der Waals surface area (Å²) in [6.07, 6.45) is -4.58. The number of methoxy groups -OCH3 is 1. The van der Waals surface area contributed by atoms with E-state index in [0.717, 1.165) is 6.07 Å². The molecule has 0 fully saturated rings. The predicted molar refractivity (Wildman–Crippen MR) is 115 cm³/mol. The van der Waals surface area contributed by atoms with E-state index in [1.165, 1.54) is 25.3 Å². The lowest BCUT2D eigenvalue weighted by Crippen LogP contribution is -2.20. The van der Waals surface area contributed by atoms with E-state index in [0.29, 0.717) is 16.8 Å². The van der Waals surface area contributed by atoms with E-state index in [2.05, 4.69) is 20.5 Å². The van der Waals surface area contributed by atoms with Gasteiger partial charge < -0.3 is 9.72 Å². The minimum atomic E-state index is -4.58. The van der Waals surface area contributed by atoms with E-state index in [1.54, 1.807) is 48.5 Å². The summed E-state index contributed by atoms with van der Waals surface area (Å²) in [5, 5.41) is 4.04. The largest absolute Gasteiger partial charge is 0.497 e. The summed E-state index contributed by atoms with van der Waals surface area (Å²) in [7, 11) is 1.50. The van der Waals surface area contributed by atoms with E-state index in [4.69, 9.17) is 4.74 Å². The standard InChI is InChI=1S/C23H17F3N4O2/c1-32-15-12-10-14(11-13-15)21(31)20(22-27-18-8-4-5-9-19(18)28-22)30-29-17-7-3-2-6-16(17)23(24,25)26/h2-13,29H,1H3,(H,27,28). The molecular weight excluding hydrogens is 421 g/mol. The van der Waals surface area contributed by atoms with Gasteiger partial charge in [0.1, 0.15) is 5.75 Å². The number of alkyl halides is 3. The van der Waals surface area contributed by atoms with Crippen LogP contribution in [0.2, 0.25) is 0 Å². The molecule has 0 aliphatic heterocycles. The van der Waals surface area contributed by atoms with Crippen molar-refractivity contribution in [2.45, 2.75) is 6.18 Å². The van der Waals surface area contributed by atoms with Gasteiger partial charge in [0.25, 0.3) is 0 Å². The van der Waals surface area contributed by atoms with Crippen molar-refractivity contribution in [2.24, 2.45) is 5.10 Å². The lowest BCUT2D eigenvalue weighted by atomic mass is 10.1. The monoisotopic (exact) mass is 438 g/mol. The van der Waals surface area contributed by atoms with Crippen molar-refractivity contribution in [3.8, 4) is 5.75 Å². The molecule has 0 saturated heterocycles. The Morgan fingerprint density at radius 1 is 1.00 bits per heavy atom. The second-order valence-electron chi connectivity index (χ2n) is 6.78. The number of carbonyl (C=O) groups excluding carboxylic acids is 1. The van der Waals surface area contributed by atoms with Crippen molar-refractivity contribution >= 4 is 28.2 Å². The average molecular weight is 438 g/mol. The van der Waals surface area contributed by atoms with Gasteiger partial charge in [-0.15, -0.1) is 0 Å². The maximum atomic E-state index is 13.3. The van der Waals surface area contributed by atoms with Crippen LogP contribution in [0.15, 0.2) is 77.9 Å². The molecular formula is C23H17F3N4O2. The number of nitrogens with one attached hydrogen (secondary N) is 2. The molecule has 32 heavy (non-hydrogen) atoms. The van der Waals surface area contributed by atoms with Gasteiger partial charge in [-0.3, -0.25) is 10.2 Å². The number of aromatic amines is 1. The van der Waals surface area contributed by atoms with Crippen molar-refractivity contribution in [3.63, 3.8) is 0 Å². The quantitative estimate of drug-likeness (QED) is 0.244. The Labute approximate surface area is 180 Å². The van der Waals surface area contributed by atoms with Crippen LogP contribution in [-0.4, -0.2) is 28.6 Å². The zero-order valence-electron chi connectivity index (χ0n) is 16.8. The van der Waals surface area contributed by atoms with Crippen LogP contribution in [0.25, 0.3) is 11.0 Å². The number of hydrogen-bond acceptors (Lipinski definition) is 5. The van der Waals surface area contributed by atoms with Gasteiger partial charge in [-0.25, -0.2) is 4.98 Å². The van der Waals surface area contributed by atoms with Gasteiger partial charge in [0.05, 0.1) is 29.4 Å². The third-order valence-electron chi connectivity index (χ3n) is 4.70. The normalized spacial score (nSPS) is 12.1. The minimum absolute atomic E-state index is 0.129. The molecule has 0 spiro atoms. The number of nitrogens with zero attached hydrogens (tertiary/aromatic N) is 2. The smallest absolute Gasteiger partial charge is 0.418 e. The second kappa shape index (κ2) is 8.54. The maximum Gasteiger partial charge on any atom is 0.418 e. The topological polar surface area (TPSA) is 79.4 Å². The molecule has 1 aromatic heterocycles. The summed E-state index contributed by atoms with van der Waals surface area (Å²) in [6.45, 7) is 0. The van der Waals surface area contributed by atoms with Gasteiger partial charge in [-0.1, -0.05) is 24.3 Å². The summed E-state index contributed by atoms with van der Waals surface area (Å²) < 4.78 is 45.1. The fraction of sp³-hybridized carbons (Fsp3) is 0.0870. The number of rotatable bonds is 6. The van der Waals surface area contributed by atoms with Crippen molar-refractivity contribution in [3.05, 3.63) is 89.7 Å². The molecule has 3 aromatic carbocycles. The molecule has 0 unspecified atom stereocenters. The number of para-hydroxylation sites is 3. The highest BCUT2D eigenvalue weighted by atomic mass is 19.4. The van der Waals surface area contributed by atoms with E-state index in [1.807, 2.05) is 0 Å². The van der Waals surface area contributed by atoms with Gasteiger partial charge in [-0.05, 0) is 48.5 Å². The number of H-pyrrole nitrogens is 1. The van der Waals surface area contributed by atoms with Gasteiger partial charge in [-0.2, -0.15) is 18.3 Å². The number of Topliss-reactive ketones (excluding diaryl/α,β-unsaturated/α-hetero) is 1. The predicted octanol–water partition coefficient (Wildman–Crippen LogP) is 5.29. The Hall–Kier alpha value is -4.14. The van der Waals surface area contributed by atoms with Crippen LogP contribution < -0.4 is 10.2 Å².